The van der Waals surface area contributed by atoms with Gasteiger partial charge in [0.05, 0.1) is 10.8 Å². The van der Waals surface area contributed by atoms with Gasteiger partial charge in [0.2, 0.25) is 0 Å². The van der Waals surface area contributed by atoms with Crippen molar-refractivity contribution < 1.29 is 0 Å². The molecule has 0 bridgehead atoms. The highest BCUT2D eigenvalue weighted by atomic mass is 32.1. The predicted octanol–water partition coefficient (Wildman–Crippen LogP) is 5.36. The molecule has 0 aromatic heterocycles. The summed E-state index contributed by atoms with van der Waals surface area (Å²) < 4.78 is 0. The lowest BCUT2D eigenvalue weighted by molar-refractivity contribution is 0.922. The van der Waals surface area contributed by atoms with Crippen LogP contribution in [0.3, 0.4) is 0 Å². The second-order valence-electron chi connectivity index (χ2n) is 5.63. The molecule has 0 saturated heterocycles. The van der Waals surface area contributed by atoms with Crippen LogP contribution >= 0.6 is 12.2 Å². The second-order valence-corrected chi connectivity index (χ2v) is 5.81. The van der Waals surface area contributed by atoms with Crippen LogP contribution in [0.4, 0.5) is 5.69 Å². The van der Waals surface area contributed by atoms with Gasteiger partial charge in [0, 0.05) is 17.6 Å². The van der Waals surface area contributed by atoms with E-state index in [4.69, 9.17) is 0 Å². The van der Waals surface area contributed by atoms with Crippen molar-refractivity contribution in [1.29, 1.82) is 0 Å². The zero-order chi connectivity index (χ0) is 16.1. The SMILES string of the molecule is CCCc1ccc(C#CC2=Cc3ccc(N=C=S)cc3C2)cc1. The van der Waals surface area contributed by atoms with Crippen LogP contribution in [0.5, 0.6) is 0 Å². The Balaban J connectivity index is 1.74. The number of allylic oxidation sites excluding steroid dienone is 1. The van der Waals surface area contributed by atoms with Gasteiger partial charge in [-0.1, -0.05) is 43.4 Å². The van der Waals surface area contributed by atoms with Crippen LogP contribution in [0.2, 0.25) is 0 Å². The predicted molar refractivity (Wildman–Crippen MR) is 100 cm³/mol. The zero-order valence-corrected chi connectivity index (χ0v) is 13.9. The summed E-state index contributed by atoms with van der Waals surface area (Å²) in [6.45, 7) is 2.20. The Hall–Kier alpha value is -2.46. The third-order valence-corrected chi connectivity index (χ3v) is 3.96. The standard InChI is InChI=1S/C21H17NS/c1-2-3-16-4-6-17(7-5-16)8-9-18-12-19-10-11-21(22-15-23)14-20(19)13-18/h4-7,10-12,14H,2-3,13H2,1H3. The third kappa shape index (κ3) is 3.85. The van der Waals surface area contributed by atoms with Crippen molar-refractivity contribution in [3.63, 3.8) is 0 Å². The molecule has 0 radical (unpaired) electrons. The van der Waals surface area contributed by atoms with Gasteiger partial charge in [0.1, 0.15) is 0 Å². The molecule has 1 aliphatic carbocycles. The van der Waals surface area contributed by atoms with Crippen molar-refractivity contribution in [2.75, 3.05) is 0 Å². The quantitative estimate of drug-likeness (QED) is 0.422. The fourth-order valence-corrected chi connectivity index (χ4v) is 2.83. The maximum Gasteiger partial charge on any atom is 0.0742 e. The number of hydrogen-bond acceptors (Lipinski definition) is 2. The first-order valence-electron chi connectivity index (χ1n) is 7.81. The molecule has 23 heavy (non-hydrogen) atoms. The Bertz CT molecular complexity index is 857. The lowest BCUT2D eigenvalue weighted by atomic mass is 10.1. The fourth-order valence-electron chi connectivity index (χ4n) is 2.73. The van der Waals surface area contributed by atoms with Gasteiger partial charge in [-0.2, -0.15) is 4.99 Å². The van der Waals surface area contributed by atoms with Crippen LogP contribution in [0.25, 0.3) is 6.08 Å². The van der Waals surface area contributed by atoms with Gasteiger partial charge in [-0.3, -0.25) is 0 Å². The molecule has 2 heteroatoms. The molecule has 3 rings (SSSR count). The molecule has 2 aromatic rings. The summed E-state index contributed by atoms with van der Waals surface area (Å²) in [6, 6.07) is 14.6. The van der Waals surface area contributed by atoms with E-state index in [0.29, 0.717) is 0 Å². The van der Waals surface area contributed by atoms with E-state index >= 15 is 0 Å². The molecule has 0 unspecified atom stereocenters. The molecule has 0 heterocycles. The van der Waals surface area contributed by atoms with Crippen molar-refractivity contribution in [2.24, 2.45) is 4.99 Å². The van der Waals surface area contributed by atoms with E-state index in [1.165, 1.54) is 23.1 Å². The first kappa shape index (κ1) is 15.4. The number of nitrogens with zero attached hydrogens (tertiary/aromatic N) is 1. The van der Waals surface area contributed by atoms with E-state index in [-0.39, 0.29) is 0 Å². The van der Waals surface area contributed by atoms with Crippen LogP contribution in [0.15, 0.2) is 53.0 Å². The lowest BCUT2D eigenvalue weighted by Crippen LogP contribution is -1.84. The number of isothiocyanates is 1. The highest BCUT2D eigenvalue weighted by Crippen LogP contribution is 2.28. The van der Waals surface area contributed by atoms with E-state index in [1.54, 1.807) is 0 Å². The summed E-state index contributed by atoms with van der Waals surface area (Å²) in [5.41, 5.74) is 6.90. The molecular formula is C21H17NS. The second kappa shape index (κ2) is 7.20. The number of fused-ring (bicyclic) bond motifs is 1. The first-order valence-corrected chi connectivity index (χ1v) is 8.21. The third-order valence-electron chi connectivity index (χ3n) is 3.87. The van der Waals surface area contributed by atoms with Crippen LogP contribution in [0.1, 0.15) is 35.6 Å². The summed E-state index contributed by atoms with van der Waals surface area (Å²) in [5, 5.41) is 2.41. The van der Waals surface area contributed by atoms with Gasteiger partial charge in [0.25, 0.3) is 0 Å². The van der Waals surface area contributed by atoms with E-state index in [9.17, 15) is 0 Å². The van der Waals surface area contributed by atoms with Crippen LogP contribution in [-0.4, -0.2) is 5.16 Å². The lowest BCUT2D eigenvalue weighted by Gasteiger charge is -1.98. The Labute approximate surface area is 142 Å². The number of thiocarbonyl (C=S) groups is 1. The number of benzene rings is 2. The minimum Gasteiger partial charge on any atom is -0.195 e. The summed E-state index contributed by atoms with van der Waals surface area (Å²) in [6.07, 6.45) is 5.31. The zero-order valence-electron chi connectivity index (χ0n) is 13.1. The normalized spacial score (nSPS) is 11.8. The highest BCUT2D eigenvalue weighted by Gasteiger charge is 2.11. The van der Waals surface area contributed by atoms with Gasteiger partial charge in [0.15, 0.2) is 0 Å². The number of aryl methyl sites for hydroxylation is 1. The number of hydrogen-bond donors (Lipinski definition) is 0. The average Bonchev–Trinajstić information content (AvgIpc) is 2.97. The Morgan fingerprint density at radius 2 is 1.91 bits per heavy atom. The van der Waals surface area contributed by atoms with Gasteiger partial charge >= 0.3 is 0 Å². The van der Waals surface area contributed by atoms with Crippen LogP contribution in [0, 0.1) is 11.8 Å². The summed E-state index contributed by atoms with van der Waals surface area (Å²) in [5.74, 6) is 6.55. The van der Waals surface area contributed by atoms with Gasteiger partial charge < -0.3 is 0 Å². The summed E-state index contributed by atoms with van der Waals surface area (Å²) in [4.78, 5) is 4.03. The number of rotatable bonds is 3. The molecule has 0 fully saturated rings. The van der Waals surface area contributed by atoms with Gasteiger partial charge in [-0.25, -0.2) is 0 Å². The van der Waals surface area contributed by atoms with Crippen molar-refractivity contribution in [3.8, 4) is 11.8 Å². The molecule has 0 N–H and O–H groups in total. The van der Waals surface area contributed by atoms with Crippen molar-refractivity contribution in [3.05, 3.63) is 70.3 Å². The van der Waals surface area contributed by atoms with E-state index in [2.05, 4.69) is 83.6 Å². The van der Waals surface area contributed by atoms with E-state index < -0.39 is 0 Å². The topological polar surface area (TPSA) is 12.4 Å². The Morgan fingerprint density at radius 1 is 1.09 bits per heavy atom. The fraction of sp³-hybridized carbons (Fsp3) is 0.190. The van der Waals surface area contributed by atoms with Crippen molar-refractivity contribution in [2.45, 2.75) is 26.2 Å². The minimum absolute atomic E-state index is 0.855. The van der Waals surface area contributed by atoms with Crippen molar-refractivity contribution >= 4 is 29.1 Å². The van der Waals surface area contributed by atoms with E-state index in [0.717, 1.165) is 29.7 Å². The van der Waals surface area contributed by atoms with E-state index in [1.807, 2.05) is 6.07 Å². The molecule has 0 spiro atoms. The number of aliphatic imine (C=N–C) groups is 1. The van der Waals surface area contributed by atoms with Crippen molar-refractivity contribution in [1.82, 2.24) is 0 Å². The van der Waals surface area contributed by atoms with Gasteiger partial charge in [-0.15, -0.1) is 0 Å². The first-order chi connectivity index (χ1) is 11.3. The molecule has 112 valence electrons. The summed E-state index contributed by atoms with van der Waals surface area (Å²) in [7, 11) is 0. The molecular weight excluding hydrogens is 298 g/mol. The summed E-state index contributed by atoms with van der Waals surface area (Å²) >= 11 is 4.65. The van der Waals surface area contributed by atoms with Crippen LogP contribution < -0.4 is 0 Å². The Morgan fingerprint density at radius 3 is 2.65 bits per heavy atom. The molecule has 2 aromatic carbocycles. The van der Waals surface area contributed by atoms with Gasteiger partial charge in [-0.05, 0) is 65.7 Å². The molecule has 0 atom stereocenters. The smallest absolute Gasteiger partial charge is 0.0742 e. The van der Waals surface area contributed by atoms with Crippen LogP contribution in [-0.2, 0) is 12.8 Å². The minimum atomic E-state index is 0.855. The molecule has 0 saturated carbocycles. The average molecular weight is 315 g/mol. The maximum atomic E-state index is 4.65. The molecule has 0 aliphatic heterocycles. The molecule has 1 aliphatic rings. The Kier molecular flexibility index (Phi) is 4.83. The monoisotopic (exact) mass is 315 g/mol. The largest absolute Gasteiger partial charge is 0.195 e. The molecule has 1 nitrogen and oxygen atoms in total. The highest BCUT2D eigenvalue weighted by molar-refractivity contribution is 7.78. The molecule has 0 amide bonds. The maximum absolute atomic E-state index is 4.65.